The number of halogens is 2. The van der Waals surface area contributed by atoms with Crippen LogP contribution in [0.1, 0.15) is 28.4 Å². The Balaban J connectivity index is 1.57. The highest BCUT2D eigenvalue weighted by Crippen LogP contribution is 2.34. The number of hydrogen-bond donors (Lipinski definition) is 2. The van der Waals surface area contributed by atoms with E-state index in [-0.39, 0.29) is 30.3 Å². The van der Waals surface area contributed by atoms with E-state index in [2.05, 4.69) is 5.32 Å². The van der Waals surface area contributed by atoms with Gasteiger partial charge in [0.15, 0.2) is 11.5 Å². The molecule has 0 aromatic heterocycles. The van der Waals surface area contributed by atoms with Gasteiger partial charge in [0.1, 0.15) is 5.82 Å². The first-order valence-corrected chi connectivity index (χ1v) is 7.74. The number of carbonyl (C=O) groups is 1. The minimum Gasteiger partial charge on any atom is -0.454 e. The van der Waals surface area contributed by atoms with Crippen LogP contribution in [0.4, 0.5) is 4.39 Å². The quantitative estimate of drug-likeness (QED) is 0.868. The van der Waals surface area contributed by atoms with Crippen molar-refractivity contribution in [3.8, 4) is 11.5 Å². The Hall–Kier alpha value is -2.31. The van der Waals surface area contributed by atoms with Gasteiger partial charge in [0, 0.05) is 6.54 Å². The molecule has 0 saturated heterocycles. The average Bonchev–Trinajstić information content (AvgIpc) is 3.02. The van der Waals surface area contributed by atoms with E-state index in [4.69, 9.17) is 21.1 Å². The second-order valence-electron chi connectivity index (χ2n) is 5.27. The summed E-state index contributed by atoms with van der Waals surface area (Å²) in [6.45, 7) is 0.327. The Morgan fingerprint density at radius 1 is 1.29 bits per heavy atom. The van der Waals surface area contributed by atoms with Crippen molar-refractivity contribution in [1.82, 2.24) is 5.32 Å². The third-order valence-electron chi connectivity index (χ3n) is 3.67. The molecule has 0 aliphatic carbocycles. The Morgan fingerprint density at radius 2 is 2.08 bits per heavy atom. The van der Waals surface area contributed by atoms with E-state index in [1.54, 1.807) is 18.2 Å². The molecular weight excluding hydrogens is 337 g/mol. The monoisotopic (exact) mass is 351 g/mol. The van der Waals surface area contributed by atoms with Gasteiger partial charge in [-0.25, -0.2) is 4.39 Å². The van der Waals surface area contributed by atoms with Crippen LogP contribution >= 0.6 is 11.6 Å². The van der Waals surface area contributed by atoms with Gasteiger partial charge in [-0.2, -0.15) is 0 Å². The Morgan fingerprint density at radius 3 is 2.88 bits per heavy atom. The number of ether oxygens (including phenoxy) is 2. The molecule has 0 saturated carbocycles. The molecule has 3 rings (SSSR count). The minimum absolute atomic E-state index is 0.0452. The average molecular weight is 352 g/mol. The molecule has 0 spiro atoms. The summed E-state index contributed by atoms with van der Waals surface area (Å²) in [5, 5.41) is 12.8. The fraction of sp³-hybridized carbons (Fsp3) is 0.235. The number of aliphatic hydroxyl groups is 1. The number of nitrogens with one attached hydrogen (secondary N) is 1. The molecule has 0 bridgehead atoms. The second kappa shape index (κ2) is 7.07. The van der Waals surface area contributed by atoms with Gasteiger partial charge < -0.3 is 19.9 Å². The van der Waals surface area contributed by atoms with Gasteiger partial charge in [-0.1, -0.05) is 23.7 Å². The van der Waals surface area contributed by atoms with Gasteiger partial charge in [0.25, 0.3) is 5.91 Å². The van der Waals surface area contributed by atoms with Crippen molar-refractivity contribution in [3.63, 3.8) is 0 Å². The minimum atomic E-state index is -0.795. The smallest absolute Gasteiger partial charge is 0.255 e. The summed E-state index contributed by atoms with van der Waals surface area (Å²) in [4.78, 5) is 12.0. The topological polar surface area (TPSA) is 67.8 Å². The van der Waals surface area contributed by atoms with Crippen LogP contribution in [0.3, 0.4) is 0 Å². The Kier molecular flexibility index (Phi) is 4.87. The zero-order chi connectivity index (χ0) is 17.1. The normalized spacial score (nSPS) is 13.6. The van der Waals surface area contributed by atoms with E-state index >= 15 is 0 Å². The summed E-state index contributed by atoms with van der Waals surface area (Å²) >= 11 is 5.84. The predicted octanol–water partition coefficient (Wildman–Crippen LogP) is 3.06. The highest BCUT2D eigenvalue weighted by atomic mass is 35.5. The van der Waals surface area contributed by atoms with Crippen molar-refractivity contribution in [2.75, 3.05) is 13.3 Å². The first-order chi connectivity index (χ1) is 11.6. The van der Waals surface area contributed by atoms with E-state index < -0.39 is 17.8 Å². The molecule has 1 unspecified atom stereocenters. The van der Waals surface area contributed by atoms with E-state index in [0.29, 0.717) is 17.1 Å². The van der Waals surface area contributed by atoms with Crippen molar-refractivity contribution in [3.05, 3.63) is 58.4 Å². The molecule has 5 nitrogen and oxygen atoms in total. The summed E-state index contributed by atoms with van der Waals surface area (Å²) in [7, 11) is 0. The number of carbonyl (C=O) groups excluding carboxylic acids is 1. The van der Waals surface area contributed by atoms with E-state index in [1.807, 2.05) is 0 Å². The highest BCUT2D eigenvalue weighted by molar-refractivity contribution is 6.33. The van der Waals surface area contributed by atoms with Gasteiger partial charge in [-0.3, -0.25) is 4.79 Å². The van der Waals surface area contributed by atoms with Gasteiger partial charge in [-0.05, 0) is 36.2 Å². The van der Waals surface area contributed by atoms with E-state index in [9.17, 15) is 14.3 Å². The molecule has 1 aliphatic rings. The summed E-state index contributed by atoms with van der Waals surface area (Å²) in [6.07, 6.45) is -0.534. The van der Waals surface area contributed by atoms with Gasteiger partial charge >= 0.3 is 0 Å². The van der Waals surface area contributed by atoms with Gasteiger partial charge in [0.05, 0.1) is 16.7 Å². The van der Waals surface area contributed by atoms with Crippen LogP contribution in [0.25, 0.3) is 0 Å². The van der Waals surface area contributed by atoms with Gasteiger partial charge in [-0.15, -0.1) is 0 Å². The van der Waals surface area contributed by atoms with Crippen LogP contribution in [0.2, 0.25) is 5.02 Å². The van der Waals surface area contributed by atoms with Gasteiger partial charge in [0.2, 0.25) is 6.79 Å². The fourth-order valence-electron chi connectivity index (χ4n) is 2.41. The first kappa shape index (κ1) is 16.5. The lowest BCUT2D eigenvalue weighted by atomic mass is 10.1. The molecule has 24 heavy (non-hydrogen) atoms. The van der Waals surface area contributed by atoms with Crippen molar-refractivity contribution < 1.29 is 23.8 Å². The van der Waals surface area contributed by atoms with Crippen molar-refractivity contribution in [2.45, 2.75) is 12.5 Å². The third-order valence-corrected chi connectivity index (χ3v) is 3.99. The first-order valence-electron chi connectivity index (χ1n) is 7.36. The lowest BCUT2D eigenvalue weighted by Gasteiger charge is -2.13. The molecule has 2 N–H and O–H groups in total. The molecule has 7 heteroatoms. The predicted molar refractivity (Wildman–Crippen MR) is 85.9 cm³/mol. The Labute approximate surface area is 143 Å². The fourth-order valence-corrected chi connectivity index (χ4v) is 2.66. The molecule has 2 aromatic rings. The zero-order valence-corrected chi connectivity index (χ0v) is 13.3. The van der Waals surface area contributed by atoms with Crippen LogP contribution < -0.4 is 14.8 Å². The second-order valence-corrected chi connectivity index (χ2v) is 5.68. The largest absolute Gasteiger partial charge is 0.454 e. The number of benzene rings is 2. The molecule has 0 radical (unpaired) electrons. The molecule has 2 aromatic carbocycles. The number of amides is 1. The zero-order valence-electron chi connectivity index (χ0n) is 12.6. The summed E-state index contributed by atoms with van der Waals surface area (Å²) in [5.74, 6) is -0.0884. The molecule has 1 atom stereocenters. The highest BCUT2D eigenvalue weighted by Gasteiger charge is 2.18. The van der Waals surface area contributed by atoms with Crippen LogP contribution in [-0.2, 0) is 0 Å². The van der Waals surface area contributed by atoms with E-state index in [0.717, 1.165) is 0 Å². The van der Waals surface area contributed by atoms with Crippen LogP contribution in [0.15, 0.2) is 36.4 Å². The number of hydrogen-bond acceptors (Lipinski definition) is 4. The lowest BCUT2D eigenvalue weighted by molar-refractivity contribution is 0.0938. The number of aliphatic hydroxyl groups excluding tert-OH is 1. The van der Waals surface area contributed by atoms with Crippen molar-refractivity contribution in [1.29, 1.82) is 0 Å². The number of rotatable bonds is 5. The van der Waals surface area contributed by atoms with Crippen molar-refractivity contribution in [2.24, 2.45) is 0 Å². The van der Waals surface area contributed by atoms with Crippen LogP contribution in [0, 0.1) is 5.82 Å². The third kappa shape index (κ3) is 3.44. The summed E-state index contributed by atoms with van der Waals surface area (Å²) in [5.41, 5.74) is 0.453. The van der Waals surface area contributed by atoms with Crippen molar-refractivity contribution >= 4 is 17.5 Å². The molecule has 1 amide bonds. The Bertz CT molecular complexity index is 748. The molecule has 126 valence electrons. The van der Waals surface area contributed by atoms with Crippen LogP contribution in [0.5, 0.6) is 11.5 Å². The van der Waals surface area contributed by atoms with Crippen LogP contribution in [-0.4, -0.2) is 24.4 Å². The molecule has 1 heterocycles. The molecule has 0 fully saturated rings. The maximum atomic E-state index is 13.7. The maximum absolute atomic E-state index is 13.7. The molecular formula is C17H15ClFNO4. The number of fused-ring (bicyclic) bond motifs is 1. The van der Waals surface area contributed by atoms with E-state index in [1.165, 1.54) is 18.2 Å². The maximum Gasteiger partial charge on any atom is 0.255 e. The standard InChI is InChI=1S/C17H15ClFNO4/c18-11-2-1-3-12(19)16(11)17(22)20-7-6-13(21)10-4-5-14-15(8-10)24-9-23-14/h1-5,8,13,21H,6-7,9H2,(H,20,22). The summed E-state index contributed by atoms with van der Waals surface area (Å²) in [6, 6.07) is 9.19. The lowest BCUT2D eigenvalue weighted by Crippen LogP contribution is -2.26. The summed E-state index contributed by atoms with van der Waals surface area (Å²) < 4.78 is 24.1. The SMILES string of the molecule is O=C(NCCC(O)c1ccc2c(c1)OCO2)c1c(F)cccc1Cl. The molecule has 1 aliphatic heterocycles.